The van der Waals surface area contributed by atoms with Crippen molar-refractivity contribution in [2.45, 2.75) is 0 Å². The van der Waals surface area contributed by atoms with Crippen LogP contribution in [0.5, 0.6) is 0 Å². The van der Waals surface area contributed by atoms with Gasteiger partial charge >= 0.3 is 0 Å². The van der Waals surface area contributed by atoms with Gasteiger partial charge in [-0.25, -0.2) is 7.64 Å². The average Bonchev–Trinajstić information content (AvgIpc) is 1.87. The highest BCUT2D eigenvalue weighted by Crippen LogP contribution is 2.05. The summed E-state index contributed by atoms with van der Waals surface area (Å²) in [6.45, 7) is 0. The summed E-state index contributed by atoms with van der Waals surface area (Å²) in [4.78, 5) is 0. The first kappa shape index (κ1) is 5.52. The number of thiol groups is 1. The molecule has 0 fully saturated rings. The standard InChI is InChI=1S/C2H4IN3S/c3-5-1-2-6(7)4-5/h1-2,4,7H. The monoisotopic (exact) mass is 229 g/mol. The number of hydrazine groups is 2. The van der Waals surface area contributed by atoms with Gasteiger partial charge in [0.15, 0.2) is 0 Å². The summed E-state index contributed by atoms with van der Waals surface area (Å²) in [6.07, 6.45) is 3.66. The van der Waals surface area contributed by atoms with Crippen molar-refractivity contribution in [3.05, 3.63) is 12.4 Å². The molecule has 0 amide bonds. The molecular formula is C2H4IN3S. The smallest absolute Gasteiger partial charge is 0.0778 e. The van der Waals surface area contributed by atoms with Gasteiger partial charge in [0.05, 0.1) is 22.9 Å². The van der Waals surface area contributed by atoms with Crippen LogP contribution in [-0.4, -0.2) is 7.64 Å². The van der Waals surface area contributed by atoms with E-state index in [0.717, 1.165) is 0 Å². The lowest BCUT2D eigenvalue weighted by Gasteiger charge is -2.09. The molecule has 0 radical (unpaired) electrons. The summed E-state index contributed by atoms with van der Waals surface area (Å²) in [5, 5.41) is 0. The fourth-order valence-electron chi connectivity index (χ4n) is 0.286. The van der Waals surface area contributed by atoms with Crippen molar-refractivity contribution in [1.82, 2.24) is 13.2 Å². The average molecular weight is 229 g/mol. The Morgan fingerprint density at radius 2 is 2.29 bits per heavy atom. The SMILES string of the molecule is SN1C=CN(I)N1. The van der Waals surface area contributed by atoms with E-state index in [1.807, 2.05) is 6.20 Å². The lowest BCUT2D eigenvalue weighted by Crippen LogP contribution is -2.26. The van der Waals surface area contributed by atoms with Gasteiger partial charge in [-0.05, 0) is 12.8 Å². The molecule has 0 aromatic heterocycles. The Morgan fingerprint density at radius 3 is 2.43 bits per heavy atom. The van der Waals surface area contributed by atoms with E-state index in [9.17, 15) is 0 Å². The summed E-state index contributed by atoms with van der Waals surface area (Å²) in [6, 6.07) is 0. The van der Waals surface area contributed by atoms with Gasteiger partial charge in [-0.3, -0.25) is 0 Å². The molecule has 7 heavy (non-hydrogen) atoms. The van der Waals surface area contributed by atoms with Crippen LogP contribution >= 0.6 is 35.7 Å². The van der Waals surface area contributed by atoms with E-state index in [2.05, 4.69) is 41.2 Å². The summed E-state index contributed by atoms with van der Waals surface area (Å²) < 4.78 is 3.33. The highest BCUT2D eigenvalue weighted by molar-refractivity contribution is 14.1. The Hall–Kier alpha value is 0.380. The maximum atomic E-state index is 3.94. The Kier molecular flexibility index (Phi) is 1.65. The lowest BCUT2D eigenvalue weighted by molar-refractivity contribution is 0.367. The van der Waals surface area contributed by atoms with E-state index < -0.39 is 0 Å². The van der Waals surface area contributed by atoms with Crippen LogP contribution in [-0.2, 0) is 0 Å². The third-order valence-corrected chi connectivity index (χ3v) is 1.30. The highest BCUT2D eigenvalue weighted by Gasteiger charge is 2.01. The van der Waals surface area contributed by atoms with E-state index in [-0.39, 0.29) is 0 Å². The maximum Gasteiger partial charge on any atom is 0.0778 e. The van der Waals surface area contributed by atoms with Crippen LogP contribution in [0.1, 0.15) is 0 Å². The summed E-state index contributed by atoms with van der Waals surface area (Å²) >= 11 is 6.03. The summed E-state index contributed by atoms with van der Waals surface area (Å²) in [5.74, 6) is 0. The molecule has 1 aliphatic rings. The van der Waals surface area contributed by atoms with Crippen LogP contribution in [0, 0.1) is 0 Å². The van der Waals surface area contributed by atoms with Crippen molar-refractivity contribution < 1.29 is 0 Å². The second-order valence-electron chi connectivity index (χ2n) is 1.05. The first-order valence-corrected chi connectivity index (χ1v) is 3.03. The molecule has 3 nitrogen and oxygen atoms in total. The van der Waals surface area contributed by atoms with Crippen molar-refractivity contribution in [2.24, 2.45) is 0 Å². The van der Waals surface area contributed by atoms with Gasteiger partial charge in [-0.1, -0.05) is 0 Å². The van der Waals surface area contributed by atoms with Crippen LogP contribution in [0.4, 0.5) is 0 Å². The number of hydrogen-bond acceptors (Lipinski definition) is 4. The second-order valence-corrected chi connectivity index (χ2v) is 2.52. The maximum absolute atomic E-state index is 3.94. The van der Waals surface area contributed by atoms with Crippen LogP contribution < -0.4 is 5.53 Å². The molecule has 0 aromatic carbocycles. The zero-order valence-electron chi connectivity index (χ0n) is 3.37. The molecule has 1 N–H and O–H groups in total. The van der Waals surface area contributed by atoms with Crippen LogP contribution in [0.3, 0.4) is 0 Å². The topological polar surface area (TPSA) is 18.5 Å². The minimum Gasteiger partial charge on any atom is -0.241 e. The number of nitrogens with one attached hydrogen (secondary N) is 1. The Labute approximate surface area is 61.3 Å². The van der Waals surface area contributed by atoms with Crippen LogP contribution in [0.25, 0.3) is 0 Å². The highest BCUT2D eigenvalue weighted by atomic mass is 127. The van der Waals surface area contributed by atoms with Gasteiger partial charge < -0.3 is 0 Å². The van der Waals surface area contributed by atoms with Gasteiger partial charge in [0.2, 0.25) is 0 Å². The zero-order chi connectivity index (χ0) is 5.28. The first-order valence-electron chi connectivity index (χ1n) is 1.67. The molecule has 1 heterocycles. The fraction of sp³-hybridized carbons (Fsp3) is 0. The second kappa shape index (κ2) is 2.10. The molecule has 5 heteroatoms. The minimum absolute atomic E-state index is 1.56. The van der Waals surface area contributed by atoms with E-state index in [0.29, 0.717) is 0 Å². The van der Waals surface area contributed by atoms with Crippen molar-refractivity contribution in [1.29, 1.82) is 0 Å². The van der Waals surface area contributed by atoms with Gasteiger partial charge in [0.25, 0.3) is 0 Å². The van der Waals surface area contributed by atoms with Crippen molar-refractivity contribution in [3.8, 4) is 0 Å². The Bertz CT molecular complexity index is 84.9. The van der Waals surface area contributed by atoms with E-state index >= 15 is 0 Å². The first-order chi connectivity index (χ1) is 3.29. The fourth-order valence-corrected chi connectivity index (χ4v) is 0.989. The summed E-state index contributed by atoms with van der Waals surface area (Å²) in [7, 11) is 0. The number of rotatable bonds is 0. The third kappa shape index (κ3) is 1.39. The molecule has 0 spiro atoms. The Morgan fingerprint density at radius 1 is 1.57 bits per heavy atom. The molecule has 0 aromatic rings. The molecule has 0 aliphatic carbocycles. The normalized spacial score (nSPS) is 19.1. The number of hydrogen-bond donors (Lipinski definition) is 2. The van der Waals surface area contributed by atoms with Crippen LogP contribution in [0.2, 0.25) is 0 Å². The predicted molar refractivity (Wildman–Crippen MR) is 39.0 cm³/mol. The van der Waals surface area contributed by atoms with E-state index in [1.54, 1.807) is 13.8 Å². The number of nitrogens with zero attached hydrogens (tertiary/aromatic N) is 2. The van der Waals surface area contributed by atoms with Gasteiger partial charge in [-0.2, -0.15) is 0 Å². The van der Waals surface area contributed by atoms with E-state index in [1.165, 1.54) is 0 Å². The van der Waals surface area contributed by atoms with E-state index in [4.69, 9.17) is 0 Å². The molecule has 1 rings (SSSR count). The molecule has 0 saturated carbocycles. The molecule has 0 saturated heterocycles. The quantitative estimate of drug-likeness (QED) is 0.362. The van der Waals surface area contributed by atoms with Gasteiger partial charge in [-0.15, -0.1) is 5.53 Å². The molecule has 40 valence electrons. The molecule has 0 bridgehead atoms. The van der Waals surface area contributed by atoms with Gasteiger partial charge in [0.1, 0.15) is 0 Å². The molecular weight excluding hydrogens is 225 g/mol. The lowest BCUT2D eigenvalue weighted by atomic mass is 11.0. The largest absolute Gasteiger partial charge is 0.241 e. The third-order valence-electron chi connectivity index (χ3n) is 0.537. The zero-order valence-corrected chi connectivity index (χ0v) is 6.43. The summed E-state index contributed by atoms with van der Waals surface area (Å²) in [5.41, 5.74) is 2.82. The predicted octanol–water partition coefficient (Wildman–Crippen LogP) is 0.690. The molecule has 1 aliphatic heterocycles. The van der Waals surface area contributed by atoms with Crippen molar-refractivity contribution in [3.63, 3.8) is 0 Å². The van der Waals surface area contributed by atoms with Gasteiger partial charge in [0, 0.05) is 12.4 Å². The van der Waals surface area contributed by atoms with Crippen LogP contribution in [0.15, 0.2) is 12.4 Å². The minimum atomic E-state index is 1.56. The van der Waals surface area contributed by atoms with Crippen molar-refractivity contribution >= 4 is 35.7 Å². The van der Waals surface area contributed by atoms with Crippen molar-refractivity contribution in [2.75, 3.05) is 0 Å². The Balaban J connectivity index is 2.42. The molecule has 0 atom stereocenters. The molecule has 0 unspecified atom stereocenters. The number of halogens is 1.